The van der Waals surface area contributed by atoms with Crippen LogP contribution in [0.25, 0.3) is 0 Å². The Balaban J connectivity index is 1.50. The lowest BCUT2D eigenvalue weighted by molar-refractivity contribution is 0.351. The van der Waals surface area contributed by atoms with E-state index in [1.54, 1.807) is 0 Å². The van der Waals surface area contributed by atoms with Crippen LogP contribution in [0.5, 0.6) is 0 Å². The van der Waals surface area contributed by atoms with E-state index in [2.05, 4.69) is 51.5 Å². The number of anilines is 1. The van der Waals surface area contributed by atoms with Crippen molar-refractivity contribution in [3.8, 4) is 0 Å². The van der Waals surface area contributed by atoms with E-state index in [1.165, 1.54) is 22.4 Å². The molecule has 1 aromatic carbocycles. The van der Waals surface area contributed by atoms with Gasteiger partial charge in [-0.25, -0.2) is 9.97 Å². The van der Waals surface area contributed by atoms with Gasteiger partial charge in [-0.05, 0) is 31.0 Å². The van der Waals surface area contributed by atoms with Crippen molar-refractivity contribution in [2.45, 2.75) is 32.0 Å². The Morgan fingerprint density at radius 2 is 1.85 bits per heavy atom. The fraction of sp³-hybridized carbons (Fsp3) is 0.375. The number of aromatic nitrogens is 2. The smallest absolute Gasteiger partial charge is 0.223 e. The van der Waals surface area contributed by atoms with Gasteiger partial charge in [-0.2, -0.15) is 0 Å². The number of nitrogens with zero attached hydrogens (tertiary/aromatic N) is 3. The molecule has 1 N–H and O–H groups in total. The van der Waals surface area contributed by atoms with Gasteiger partial charge in [-0.1, -0.05) is 24.3 Å². The van der Waals surface area contributed by atoms with Crippen molar-refractivity contribution in [3.63, 3.8) is 0 Å². The molecule has 2 heterocycles. The van der Waals surface area contributed by atoms with E-state index >= 15 is 0 Å². The molecule has 1 aliphatic carbocycles. The molecule has 0 atom stereocenters. The first-order chi connectivity index (χ1) is 9.78. The second-order valence-electron chi connectivity index (χ2n) is 5.86. The highest BCUT2D eigenvalue weighted by molar-refractivity contribution is 5.39. The molecule has 1 aliphatic heterocycles. The minimum Gasteiger partial charge on any atom is -0.351 e. The van der Waals surface area contributed by atoms with Crippen molar-refractivity contribution in [1.82, 2.24) is 14.9 Å². The Morgan fingerprint density at radius 1 is 1.10 bits per heavy atom. The van der Waals surface area contributed by atoms with Crippen molar-refractivity contribution in [2.75, 3.05) is 12.4 Å². The highest BCUT2D eigenvalue weighted by Crippen LogP contribution is 2.24. The third-order valence-electron chi connectivity index (χ3n) is 4.20. The fourth-order valence-electron chi connectivity index (χ4n) is 3.23. The first kappa shape index (κ1) is 11.9. The Hall–Kier alpha value is -1.94. The maximum Gasteiger partial charge on any atom is 0.223 e. The molecule has 2 aromatic rings. The van der Waals surface area contributed by atoms with Crippen molar-refractivity contribution in [2.24, 2.45) is 0 Å². The number of hydrogen-bond acceptors (Lipinski definition) is 4. The Morgan fingerprint density at radius 3 is 2.60 bits per heavy atom. The van der Waals surface area contributed by atoms with E-state index in [-0.39, 0.29) is 0 Å². The van der Waals surface area contributed by atoms with E-state index < -0.39 is 0 Å². The molecule has 4 rings (SSSR count). The van der Waals surface area contributed by atoms with Crippen LogP contribution in [-0.4, -0.2) is 28.0 Å². The van der Waals surface area contributed by atoms with Gasteiger partial charge >= 0.3 is 0 Å². The quantitative estimate of drug-likeness (QED) is 0.902. The average molecular weight is 266 g/mol. The predicted octanol–water partition coefficient (Wildman–Crippen LogP) is 2.00. The van der Waals surface area contributed by atoms with Gasteiger partial charge in [-0.3, -0.25) is 4.90 Å². The average Bonchev–Trinajstić information content (AvgIpc) is 2.99. The normalized spacial score (nSPS) is 18.1. The molecule has 1 aromatic heterocycles. The van der Waals surface area contributed by atoms with Crippen LogP contribution in [-0.2, 0) is 25.9 Å². The Bertz CT molecular complexity index is 628. The van der Waals surface area contributed by atoms with Crippen LogP contribution in [0.1, 0.15) is 22.4 Å². The molecule has 0 saturated carbocycles. The summed E-state index contributed by atoms with van der Waals surface area (Å²) in [6.07, 6.45) is 4.10. The molecule has 2 aliphatic rings. The summed E-state index contributed by atoms with van der Waals surface area (Å²) >= 11 is 0. The highest BCUT2D eigenvalue weighted by Gasteiger charge is 2.23. The molecule has 0 bridgehead atoms. The van der Waals surface area contributed by atoms with Crippen molar-refractivity contribution < 1.29 is 0 Å². The summed E-state index contributed by atoms with van der Waals surface area (Å²) in [6, 6.07) is 9.08. The van der Waals surface area contributed by atoms with Crippen molar-refractivity contribution >= 4 is 5.95 Å². The minimum absolute atomic E-state index is 0.421. The minimum atomic E-state index is 0.421. The first-order valence-corrected chi connectivity index (χ1v) is 7.14. The standard InChI is InChI=1S/C16H18N4/c1-20-9-13-8-17-16(19-15(13)10-20)18-14-6-11-4-2-3-5-12(11)7-14/h2-5,8,14H,6-7,9-10H2,1H3,(H,17,18,19). The van der Waals surface area contributed by atoms with E-state index in [1.807, 2.05) is 6.20 Å². The molecule has 0 amide bonds. The first-order valence-electron chi connectivity index (χ1n) is 7.14. The maximum absolute atomic E-state index is 4.67. The molecule has 0 radical (unpaired) electrons. The third kappa shape index (κ3) is 2.06. The molecule has 0 unspecified atom stereocenters. The summed E-state index contributed by atoms with van der Waals surface area (Å²) in [7, 11) is 2.11. The summed E-state index contributed by atoms with van der Waals surface area (Å²) in [5, 5.41) is 3.49. The topological polar surface area (TPSA) is 41.1 Å². The monoisotopic (exact) mass is 266 g/mol. The van der Waals surface area contributed by atoms with Gasteiger partial charge in [0.1, 0.15) is 0 Å². The predicted molar refractivity (Wildman–Crippen MR) is 78.5 cm³/mol. The third-order valence-corrected chi connectivity index (χ3v) is 4.20. The lowest BCUT2D eigenvalue weighted by Gasteiger charge is -2.12. The largest absolute Gasteiger partial charge is 0.351 e. The molecule has 0 fully saturated rings. The van der Waals surface area contributed by atoms with E-state index in [0.717, 1.165) is 31.9 Å². The van der Waals surface area contributed by atoms with Crippen LogP contribution in [0, 0.1) is 0 Å². The van der Waals surface area contributed by atoms with Crippen LogP contribution in [0.4, 0.5) is 5.95 Å². The molecule has 102 valence electrons. The van der Waals surface area contributed by atoms with E-state index in [0.29, 0.717) is 6.04 Å². The number of hydrogen-bond donors (Lipinski definition) is 1. The Kier molecular flexibility index (Phi) is 2.70. The van der Waals surface area contributed by atoms with Gasteiger partial charge in [-0.15, -0.1) is 0 Å². The molecule has 0 spiro atoms. The summed E-state index contributed by atoms with van der Waals surface area (Å²) in [5.74, 6) is 0.775. The summed E-state index contributed by atoms with van der Waals surface area (Å²) in [5.41, 5.74) is 5.32. The molecule has 20 heavy (non-hydrogen) atoms. The Labute approximate surface area is 118 Å². The van der Waals surface area contributed by atoms with Crippen LogP contribution in [0.2, 0.25) is 0 Å². The summed E-state index contributed by atoms with van der Waals surface area (Å²) < 4.78 is 0. The van der Waals surface area contributed by atoms with Crippen LogP contribution in [0.15, 0.2) is 30.5 Å². The number of fused-ring (bicyclic) bond motifs is 2. The maximum atomic E-state index is 4.67. The molecular formula is C16H18N4. The van der Waals surface area contributed by atoms with Crippen LogP contribution >= 0.6 is 0 Å². The van der Waals surface area contributed by atoms with Crippen LogP contribution < -0.4 is 5.32 Å². The molecule has 4 nitrogen and oxygen atoms in total. The fourth-order valence-corrected chi connectivity index (χ4v) is 3.23. The van der Waals surface area contributed by atoms with Crippen molar-refractivity contribution in [1.29, 1.82) is 0 Å². The number of benzene rings is 1. The summed E-state index contributed by atoms with van der Waals surface area (Å²) in [4.78, 5) is 11.4. The number of nitrogens with one attached hydrogen (secondary N) is 1. The van der Waals surface area contributed by atoms with Gasteiger partial charge in [0, 0.05) is 30.9 Å². The molecule has 4 heteroatoms. The zero-order valence-corrected chi connectivity index (χ0v) is 11.6. The number of rotatable bonds is 2. The van der Waals surface area contributed by atoms with Gasteiger partial charge < -0.3 is 5.32 Å². The zero-order chi connectivity index (χ0) is 13.5. The lowest BCUT2D eigenvalue weighted by atomic mass is 10.1. The van der Waals surface area contributed by atoms with Gasteiger partial charge in [0.25, 0.3) is 0 Å². The molecule has 0 saturated heterocycles. The van der Waals surface area contributed by atoms with Crippen LogP contribution in [0.3, 0.4) is 0 Å². The SMILES string of the molecule is CN1Cc2cnc(NC3Cc4ccccc4C3)nc2C1. The second kappa shape index (κ2) is 4.56. The lowest BCUT2D eigenvalue weighted by Crippen LogP contribution is -2.21. The second-order valence-corrected chi connectivity index (χ2v) is 5.86. The van der Waals surface area contributed by atoms with E-state index in [9.17, 15) is 0 Å². The van der Waals surface area contributed by atoms with Crippen molar-refractivity contribution in [3.05, 3.63) is 52.8 Å². The zero-order valence-electron chi connectivity index (χ0n) is 11.6. The van der Waals surface area contributed by atoms with Gasteiger partial charge in [0.15, 0.2) is 0 Å². The van der Waals surface area contributed by atoms with Gasteiger partial charge in [0.2, 0.25) is 5.95 Å². The van der Waals surface area contributed by atoms with E-state index in [4.69, 9.17) is 0 Å². The highest BCUT2D eigenvalue weighted by atomic mass is 15.2. The summed E-state index contributed by atoms with van der Waals surface area (Å²) in [6.45, 7) is 1.89. The molecular weight excluding hydrogens is 248 g/mol. The van der Waals surface area contributed by atoms with Gasteiger partial charge in [0.05, 0.1) is 5.69 Å².